The van der Waals surface area contributed by atoms with Crippen LogP contribution in [-0.2, 0) is 9.59 Å². The van der Waals surface area contributed by atoms with Gasteiger partial charge in [-0.1, -0.05) is 6.08 Å². The van der Waals surface area contributed by atoms with Crippen LogP contribution in [0.15, 0.2) is 64.8 Å². The molecular formula is C16H11IN2O3. The van der Waals surface area contributed by atoms with E-state index < -0.39 is 5.91 Å². The molecule has 0 bridgehead atoms. The van der Waals surface area contributed by atoms with Crippen LogP contribution in [0.3, 0.4) is 0 Å². The standard InChI is InChI=1S/C16H11IN2O3/c17-11-6-8-12(9-7-11)19-16(21)14(15(20)18-19)5-1-3-13-4-2-10-22-13/h1-10H,(H,18,20)/b3-1+,14-5-. The van der Waals surface area contributed by atoms with Gasteiger partial charge < -0.3 is 4.42 Å². The zero-order chi connectivity index (χ0) is 15.5. The smallest absolute Gasteiger partial charge is 0.282 e. The first-order chi connectivity index (χ1) is 10.6. The van der Waals surface area contributed by atoms with E-state index in [2.05, 4.69) is 28.0 Å². The van der Waals surface area contributed by atoms with Crippen LogP contribution in [0.4, 0.5) is 5.69 Å². The number of carbonyl (C=O) groups is 2. The normalized spacial score (nSPS) is 16.8. The molecule has 2 heterocycles. The molecule has 1 aliphatic heterocycles. The molecule has 1 aromatic heterocycles. The molecule has 0 aliphatic carbocycles. The Kier molecular flexibility index (Phi) is 4.10. The van der Waals surface area contributed by atoms with E-state index in [9.17, 15) is 9.59 Å². The summed E-state index contributed by atoms with van der Waals surface area (Å²) in [6.45, 7) is 0. The second kappa shape index (κ2) is 6.18. The number of benzene rings is 1. The topological polar surface area (TPSA) is 62.6 Å². The summed E-state index contributed by atoms with van der Waals surface area (Å²) in [4.78, 5) is 24.2. The molecule has 1 saturated heterocycles. The zero-order valence-corrected chi connectivity index (χ0v) is 13.5. The highest BCUT2D eigenvalue weighted by atomic mass is 127. The van der Waals surface area contributed by atoms with E-state index in [0.717, 1.165) is 3.57 Å². The van der Waals surface area contributed by atoms with Crippen molar-refractivity contribution in [2.75, 3.05) is 5.01 Å². The van der Waals surface area contributed by atoms with Gasteiger partial charge in [-0.15, -0.1) is 0 Å². The summed E-state index contributed by atoms with van der Waals surface area (Å²) in [6.07, 6.45) is 6.33. The van der Waals surface area contributed by atoms with Crippen LogP contribution in [-0.4, -0.2) is 11.8 Å². The molecule has 1 N–H and O–H groups in total. The van der Waals surface area contributed by atoms with Crippen LogP contribution in [0, 0.1) is 3.57 Å². The summed E-state index contributed by atoms with van der Waals surface area (Å²) >= 11 is 2.18. The second-order valence-electron chi connectivity index (χ2n) is 4.51. The van der Waals surface area contributed by atoms with Crippen LogP contribution < -0.4 is 10.4 Å². The summed E-state index contributed by atoms with van der Waals surface area (Å²) in [7, 11) is 0. The van der Waals surface area contributed by atoms with Gasteiger partial charge in [0.15, 0.2) is 0 Å². The van der Waals surface area contributed by atoms with Gasteiger partial charge in [0.1, 0.15) is 11.3 Å². The molecule has 1 aromatic carbocycles. The van der Waals surface area contributed by atoms with Gasteiger partial charge in [-0.3, -0.25) is 15.0 Å². The number of allylic oxidation sites excluding steroid dienone is 2. The van der Waals surface area contributed by atoms with Gasteiger partial charge in [0.2, 0.25) is 0 Å². The van der Waals surface area contributed by atoms with Crippen LogP contribution in [0.5, 0.6) is 0 Å². The van der Waals surface area contributed by atoms with Gasteiger partial charge in [0.05, 0.1) is 12.0 Å². The van der Waals surface area contributed by atoms with Crippen molar-refractivity contribution in [2.45, 2.75) is 0 Å². The maximum atomic E-state index is 12.3. The first-order valence-corrected chi connectivity index (χ1v) is 7.56. The van der Waals surface area contributed by atoms with E-state index in [1.165, 1.54) is 11.1 Å². The van der Waals surface area contributed by atoms with E-state index in [1.54, 1.807) is 42.7 Å². The van der Waals surface area contributed by atoms with Gasteiger partial charge >= 0.3 is 0 Å². The van der Waals surface area contributed by atoms with Crippen molar-refractivity contribution in [3.8, 4) is 0 Å². The average molecular weight is 406 g/mol. The summed E-state index contributed by atoms with van der Waals surface area (Å²) in [5.41, 5.74) is 3.26. The number of furan rings is 1. The van der Waals surface area contributed by atoms with Crippen LogP contribution in [0.25, 0.3) is 6.08 Å². The van der Waals surface area contributed by atoms with E-state index in [-0.39, 0.29) is 11.5 Å². The Morgan fingerprint density at radius 3 is 2.59 bits per heavy atom. The molecule has 3 rings (SSSR count). The Hall–Kier alpha value is -2.35. The molecule has 5 nitrogen and oxygen atoms in total. The molecule has 1 fully saturated rings. The van der Waals surface area contributed by atoms with Crippen molar-refractivity contribution in [3.63, 3.8) is 0 Å². The Morgan fingerprint density at radius 2 is 1.91 bits per heavy atom. The lowest BCUT2D eigenvalue weighted by Crippen LogP contribution is -2.35. The van der Waals surface area contributed by atoms with E-state index >= 15 is 0 Å². The van der Waals surface area contributed by atoms with Crippen molar-refractivity contribution in [3.05, 3.63) is 69.7 Å². The zero-order valence-electron chi connectivity index (χ0n) is 11.3. The third kappa shape index (κ3) is 2.96. The highest BCUT2D eigenvalue weighted by Gasteiger charge is 2.33. The van der Waals surface area contributed by atoms with E-state index in [0.29, 0.717) is 11.4 Å². The second-order valence-corrected chi connectivity index (χ2v) is 5.76. The van der Waals surface area contributed by atoms with Gasteiger partial charge in [-0.05, 0) is 71.1 Å². The minimum Gasteiger partial charge on any atom is -0.465 e. The highest BCUT2D eigenvalue weighted by molar-refractivity contribution is 14.1. The number of anilines is 1. The number of carbonyl (C=O) groups excluding carboxylic acids is 2. The molecule has 0 radical (unpaired) electrons. The number of hydrogen-bond donors (Lipinski definition) is 1. The van der Waals surface area contributed by atoms with Gasteiger partial charge in [-0.25, -0.2) is 5.01 Å². The van der Waals surface area contributed by atoms with Crippen LogP contribution in [0.2, 0.25) is 0 Å². The van der Waals surface area contributed by atoms with E-state index in [1.807, 2.05) is 12.1 Å². The third-order valence-electron chi connectivity index (χ3n) is 3.04. The number of hydrazine groups is 1. The predicted octanol–water partition coefficient (Wildman–Crippen LogP) is 2.90. The third-order valence-corrected chi connectivity index (χ3v) is 3.76. The first-order valence-electron chi connectivity index (χ1n) is 6.48. The molecule has 0 atom stereocenters. The molecular weight excluding hydrogens is 395 g/mol. The van der Waals surface area contributed by atoms with Gasteiger partial charge in [0, 0.05) is 3.57 Å². The lowest BCUT2D eigenvalue weighted by molar-refractivity contribution is -0.117. The van der Waals surface area contributed by atoms with Crippen molar-refractivity contribution < 1.29 is 14.0 Å². The lowest BCUT2D eigenvalue weighted by Gasteiger charge is -2.14. The Morgan fingerprint density at radius 1 is 1.14 bits per heavy atom. The monoisotopic (exact) mass is 406 g/mol. The van der Waals surface area contributed by atoms with Crippen molar-refractivity contribution >= 4 is 46.2 Å². The number of nitrogens with zero attached hydrogens (tertiary/aromatic N) is 1. The lowest BCUT2D eigenvalue weighted by atomic mass is 10.2. The predicted molar refractivity (Wildman–Crippen MR) is 90.6 cm³/mol. The molecule has 0 spiro atoms. The number of halogens is 1. The molecule has 0 unspecified atom stereocenters. The highest BCUT2D eigenvalue weighted by Crippen LogP contribution is 2.21. The summed E-state index contributed by atoms with van der Waals surface area (Å²) in [6, 6.07) is 10.8. The molecule has 110 valence electrons. The molecule has 2 aromatic rings. The Bertz CT molecular complexity index is 761. The minimum absolute atomic E-state index is 0.0846. The fraction of sp³-hybridized carbons (Fsp3) is 0. The number of amides is 2. The fourth-order valence-electron chi connectivity index (χ4n) is 1.97. The molecule has 2 amide bonds. The number of rotatable bonds is 3. The summed E-state index contributed by atoms with van der Waals surface area (Å²) in [5, 5.41) is 1.24. The molecule has 1 aliphatic rings. The summed E-state index contributed by atoms with van der Waals surface area (Å²) in [5.74, 6) is -0.153. The first kappa shape index (κ1) is 14.6. The van der Waals surface area contributed by atoms with Crippen molar-refractivity contribution in [2.24, 2.45) is 0 Å². The Balaban J connectivity index is 1.80. The quantitative estimate of drug-likeness (QED) is 0.485. The van der Waals surface area contributed by atoms with E-state index in [4.69, 9.17) is 4.42 Å². The largest absolute Gasteiger partial charge is 0.465 e. The molecule has 0 saturated carbocycles. The number of hydrogen-bond acceptors (Lipinski definition) is 3. The SMILES string of the molecule is O=C1NN(c2ccc(I)cc2)C(=O)/C1=C\C=C\c1ccco1. The van der Waals surface area contributed by atoms with Crippen LogP contribution >= 0.6 is 22.6 Å². The molecule has 22 heavy (non-hydrogen) atoms. The minimum atomic E-state index is -0.423. The maximum Gasteiger partial charge on any atom is 0.282 e. The number of nitrogens with one attached hydrogen (secondary N) is 1. The van der Waals surface area contributed by atoms with Crippen molar-refractivity contribution in [1.82, 2.24) is 5.43 Å². The summed E-state index contributed by atoms with van der Waals surface area (Å²) < 4.78 is 6.19. The van der Waals surface area contributed by atoms with Crippen molar-refractivity contribution in [1.29, 1.82) is 0 Å². The van der Waals surface area contributed by atoms with Gasteiger partial charge in [-0.2, -0.15) is 0 Å². The average Bonchev–Trinajstić information content (AvgIpc) is 3.11. The van der Waals surface area contributed by atoms with Gasteiger partial charge in [0.25, 0.3) is 11.8 Å². The molecule has 6 heteroatoms. The Labute approximate surface area is 140 Å². The maximum absolute atomic E-state index is 12.3. The van der Waals surface area contributed by atoms with Crippen LogP contribution in [0.1, 0.15) is 5.76 Å². The fourth-order valence-corrected chi connectivity index (χ4v) is 2.33.